The monoisotopic (exact) mass is 251 g/mol. The lowest BCUT2D eigenvalue weighted by atomic mass is 10.3. The number of ether oxygens (including phenoxy) is 3. The molecule has 1 aliphatic rings. The summed E-state index contributed by atoms with van der Waals surface area (Å²) >= 11 is 0. The fourth-order valence-electron chi connectivity index (χ4n) is 1.55. The summed E-state index contributed by atoms with van der Waals surface area (Å²) in [4.78, 5) is 13.2. The topological polar surface area (TPSA) is 48.0 Å². The minimum Gasteiger partial charge on any atom is -0.410 e. The van der Waals surface area contributed by atoms with Crippen molar-refractivity contribution in [1.82, 2.24) is 4.90 Å². The van der Waals surface area contributed by atoms with E-state index in [0.29, 0.717) is 5.75 Å². The summed E-state index contributed by atoms with van der Waals surface area (Å²) in [7, 11) is 1.58. The number of benzene rings is 1. The number of para-hydroxylation sites is 1. The standard InChI is InChI=1S/C13H17NO4/c1-9-10(2)17-13(16-9)14(3)12(15)18-11-7-5-4-6-8-11/h4-10,13H,1-3H3. The van der Waals surface area contributed by atoms with E-state index in [1.165, 1.54) is 4.90 Å². The summed E-state index contributed by atoms with van der Waals surface area (Å²) in [6, 6.07) is 8.89. The summed E-state index contributed by atoms with van der Waals surface area (Å²) in [6.45, 7) is 3.81. The highest BCUT2D eigenvalue weighted by molar-refractivity contribution is 5.70. The summed E-state index contributed by atoms with van der Waals surface area (Å²) < 4.78 is 16.2. The van der Waals surface area contributed by atoms with Gasteiger partial charge < -0.3 is 14.2 Å². The Morgan fingerprint density at radius 3 is 2.28 bits per heavy atom. The molecule has 1 aromatic rings. The predicted octanol–water partition coefficient (Wildman–Crippen LogP) is 2.22. The third-order valence-corrected chi connectivity index (χ3v) is 2.88. The van der Waals surface area contributed by atoms with Crippen molar-refractivity contribution < 1.29 is 19.0 Å². The van der Waals surface area contributed by atoms with E-state index in [1.54, 1.807) is 31.3 Å². The number of amides is 1. The molecule has 5 heteroatoms. The van der Waals surface area contributed by atoms with Crippen molar-refractivity contribution in [3.8, 4) is 5.75 Å². The first kappa shape index (κ1) is 12.9. The summed E-state index contributed by atoms with van der Waals surface area (Å²) in [5.41, 5.74) is 0. The van der Waals surface area contributed by atoms with Crippen molar-refractivity contribution in [2.24, 2.45) is 0 Å². The van der Waals surface area contributed by atoms with Gasteiger partial charge in [0.2, 0.25) is 6.41 Å². The molecule has 2 atom stereocenters. The van der Waals surface area contributed by atoms with E-state index in [4.69, 9.17) is 14.2 Å². The number of hydrogen-bond donors (Lipinski definition) is 0. The van der Waals surface area contributed by atoms with E-state index in [2.05, 4.69) is 0 Å². The van der Waals surface area contributed by atoms with Crippen LogP contribution in [0.3, 0.4) is 0 Å². The van der Waals surface area contributed by atoms with Crippen LogP contribution in [-0.4, -0.2) is 36.7 Å². The molecule has 0 saturated carbocycles. The van der Waals surface area contributed by atoms with Crippen molar-refractivity contribution >= 4 is 6.09 Å². The van der Waals surface area contributed by atoms with E-state index in [-0.39, 0.29) is 12.2 Å². The van der Waals surface area contributed by atoms with Crippen LogP contribution < -0.4 is 4.74 Å². The van der Waals surface area contributed by atoms with E-state index < -0.39 is 12.5 Å². The zero-order chi connectivity index (χ0) is 13.1. The predicted molar refractivity (Wildman–Crippen MR) is 65.1 cm³/mol. The highest BCUT2D eigenvalue weighted by atomic mass is 16.8. The largest absolute Gasteiger partial charge is 0.418 e. The normalized spacial score (nSPS) is 26.9. The van der Waals surface area contributed by atoms with E-state index >= 15 is 0 Å². The van der Waals surface area contributed by atoms with E-state index in [9.17, 15) is 4.79 Å². The van der Waals surface area contributed by atoms with Crippen LogP contribution in [-0.2, 0) is 9.47 Å². The van der Waals surface area contributed by atoms with Gasteiger partial charge in [-0.05, 0) is 26.0 Å². The second kappa shape index (κ2) is 5.37. The molecule has 1 aromatic carbocycles. The minimum absolute atomic E-state index is 0.0398. The molecular weight excluding hydrogens is 234 g/mol. The highest BCUT2D eigenvalue weighted by Gasteiger charge is 2.35. The summed E-state index contributed by atoms with van der Waals surface area (Å²) in [6.07, 6.45) is -1.28. The number of rotatable bonds is 2. The molecular formula is C13H17NO4. The minimum atomic E-state index is -0.689. The van der Waals surface area contributed by atoms with Gasteiger partial charge in [0.25, 0.3) is 0 Å². The highest BCUT2D eigenvalue weighted by Crippen LogP contribution is 2.21. The molecule has 0 aliphatic carbocycles. The second-order valence-corrected chi connectivity index (χ2v) is 4.28. The van der Waals surface area contributed by atoms with Gasteiger partial charge in [0.05, 0.1) is 12.2 Å². The number of carbonyl (C=O) groups excluding carboxylic acids is 1. The first-order chi connectivity index (χ1) is 8.58. The lowest BCUT2D eigenvalue weighted by Gasteiger charge is -2.22. The van der Waals surface area contributed by atoms with Crippen molar-refractivity contribution in [3.63, 3.8) is 0 Å². The molecule has 1 aliphatic heterocycles. The quantitative estimate of drug-likeness (QED) is 0.808. The average molecular weight is 251 g/mol. The SMILES string of the molecule is CC1OC(N(C)C(=O)Oc2ccccc2)OC1C. The number of nitrogens with zero attached hydrogens (tertiary/aromatic N) is 1. The van der Waals surface area contributed by atoms with Crippen molar-refractivity contribution in [2.75, 3.05) is 7.05 Å². The zero-order valence-corrected chi connectivity index (χ0v) is 10.7. The zero-order valence-electron chi connectivity index (χ0n) is 10.7. The molecule has 0 radical (unpaired) electrons. The van der Waals surface area contributed by atoms with Gasteiger partial charge in [0, 0.05) is 7.05 Å². The lowest BCUT2D eigenvalue weighted by molar-refractivity contribution is -0.142. The first-order valence-corrected chi connectivity index (χ1v) is 5.88. The third-order valence-electron chi connectivity index (χ3n) is 2.88. The van der Waals surface area contributed by atoms with Crippen LogP contribution in [0.15, 0.2) is 30.3 Å². The van der Waals surface area contributed by atoms with Gasteiger partial charge in [-0.3, -0.25) is 4.90 Å². The van der Waals surface area contributed by atoms with Gasteiger partial charge >= 0.3 is 6.09 Å². The van der Waals surface area contributed by atoms with E-state index in [1.807, 2.05) is 19.9 Å². The molecule has 1 heterocycles. The third kappa shape index (κ3) is 2.80. The lowest BCUT2D eigenvalue weighted by Crippen LogP contribution is -2.39. The van der Waals surface area contributed by atoms with Gasteiger partial charge in [0.15, 0.2) is 0 Å². The molecule has 0 spiro atoms. The molecule has 1 saturated heterocycles. The second-order valence-electron chi connectivity index (χ2n) is 4.28. The Labute approximate surface area is 106 Å². The van der Waals surface area contributed by atoms with Crippen LogP contribution in [0.25, 0.3) is 0 Å². The Morgan fingerprint density at radius 2 is 1.72 bits per heavy atom. The van der Waals surface area contributed by atoms with E-state index in [0.717, 1.165) is 0 Å². The smallest absolute Gasteiger partial charge is 0.410 e. The molecule has 2 unspecified atom stereocenters. The van der Waals surface area contributed by atoms with Crippen molar-refractivity contribution in [1.29, 1.82) is 0 Å². The van der Waals surface area contributed by atoms with Crippen LogP contribution in [0.2, 0.25) is 0 Å². The molecule has 5 nitrogen and oxygen atoms in total. The van der Waals surface area contributed by atoms with Gasteiger partial charge in [-0.2, -0.15) is 0 Å². The van der Waals surface area contributed by atoms with Crippen LogP contribution in [0, 0.1) is 0 Å². The molecule has 1 amide bonds. The molecule has 0 N–H and O–H groups in total. The summed E-state index contributed by atoms with van der Waals surface area (Å²) in [5, 5.41) is 0. The maximum Gasteiger partial charge on any atom is 0.418 e. The number of carbonyl (C=O) groups is 1. The Balaban J connectivity index is 1.93. The van der Waals surface area contributed by atoms with Gasteiger partial charge in [-0.15, -0.1) is 0 Å². The fraction of sp³-hybridized carbons (Fsp3) is 0.462. The summed E-state index contributed by atoms with van der Waals surface area (Å²) in [5.74, 6) is 0.494. The van der Waals surface area contributed by atoms with Crippen molar-refractivity contribution in [2.45, 2.75) is 32.5 Å². The molecule has 1 fully saturated rings. The van der Waals surface area contributed by atoms with Gasteiger partial charge in [-0.1, -0.05) is 18.2 Å². The Morgan fingerprint density at radius 1 is 1.17 bits per heavy atom. The maximum absolute atomic E-state index is 11.9. The Hall–Kier alpha value is -1.59. The first-order valence-electron chi connectivity index (χ1n) is 5.88. The number of hydrogen-bond acceptors (Lipinski definition) is 4. The molecule has 0 aromatic heterocycles. The Kier molecular flexibility index (Phi) is 3.84. The van der Waals surface area contributed by atoms with Crippen LogP contribution in [0.4, 0.5) is 4.79 Å². The van der Waals surface area contributed by atoms with Crippen LogP contribution >= 0.6 is 0 Å². The fourth-order valence-corrected chi connectivity index (χ4v) is 1.55. The molecule has 2 rings (SSSR count). The Bertz CT molecular complexity index is 399. The van der Waals surface area contributed by atoms with Gasteiger partial charge in [-0.25, -0.2) is 4.79 Å². The maximum atomic E-state index is 11.9. The molecule has 18 heavy (non-hydrogen) atoms. The average Bonchev–Trinajstić information content (AvgIpc) is 2.70. The molecule has 98 valence electrons. The van der Waals surface area contributed by atoms with Crippen LogP contribution in [0.5, 0.6) is 5.75 Å². The van der Waals surface area contributed by atoms with Crippen molar-refractivity contribution in [3.05, 3.63) is 30.3 Å². The van der Waals surface area contributed by atoms with Crippen LogP contribution in [0.1, 0.15) is 13.8 Å². The molecule has 0 bridgehead atoms. The van der Waals surface area contributed by atoms with Gasteiger partial charge in [0.1, 0.15) is 5.75 Å².